The molecule has 100 valence electrons. The van der Waals surface area contributed by atoms with Crippen LogP contribution in [-0.4, -0.2) is 37.1 Å². The lowest BCUT2D eigenvalue weighted by atomic mass is 9.90. The largest absolute Gasteiger partial charge is 0.320 e. The van der Waals surface area contributed by atoms with E-state index >= 15 is 0 Å². The van der Waals surface area contributed by atoms with E-state index < -0.39 is 0 Å². The molecule has 2 fully saturated rings. The van der Waals surface area contributed by atoms with Crippen molar-refractivity contribution in [2.75, 3.05) is 20.1 Å². The monoisotopic (exact) mass is 238 g/mol. The zero-order valence-corrected chi connectivity index (χ0v) is 12.0. The van der Waals surface area contributed by atoms with Gasteiger partial charge in [0.25, 0.3) is 0 Å². The third-order valence-corrected chi connectivity index (χ3v) is 4.81. The molecule has 2 heteroatoms. The highest BCUT2D eigenvalue weighted by Gasteiger charge is 2.37. The van der Waals surface area contributed by atoms with Crippen molar-refractivity contribution < 1.29 is 0 Å². The Hall–Kier alpha value is -0.0800. The van der Waals surface area contributed by atoms with Crippen molar-refractivity contribution in [1.82, 2.24) is 10.2 Å². The van der Waals surface area contributed by atoms with E-state index in [0.717, 1.165) is 12.1 Å². The Morgan fingerprint density at radius 3 is 2.71 bits per heavy atom. The molecule has 0 spiro atoms. The van der Waals surface area contributed by atoms with E-state index in [1.54, 1.807) is 0 Å². The van der Waals surface area contributed by atoms with Crippen molar-refractivity contribution in [2.24, 2.45) is 5.41 Å². The van der Waals surface area contributed by atoms with E-state index in [-0.39, 0.29) is 0 Å². The van der Waals surface area contributed by atoms with Gasteiger partial charge in [-0.1, -0.05) is 20.3 Å². The fourth-order valence-corrected chi connectivity index (χ4v) is 3.81. The summed E-state index contributed by atoms with van der Waals surface area (Å²) in [5.41, 5.74) is 0.593. The van der Waals surface area contributed by atoms with Gasteiger partial charge in [0.2, 0.25) is 0 Å². The molecule has 2 rings (SSSR count). The Morgan fingerprint density at radius 1 is 1.24 bits per heavy atom. The maximum atomic E-state index is 3.32. The van der Waals surface area contributed by atoms with Gasteiger partial charge in [-0.2, -0.15) is 0 Å². The van der Waals surface area contributed by atoms with Crippen molar-refractivity contribution in [3.8, 4) is 0 Å². The van der Waals surface area contributed by atoms with Crippen LogP contribution in [0.2, 0.25) is 0 Å². The Bertz CT molecular complexity index is 237. The third kappa shape index (κ3) is 3.45. The first-order chi connectivity index (χ1) is 8.12. The van der Waals surface area contributed by atoms with Gasteiger partial charge in [0.15, 0.2) is 0 Å². The molecule has 0 bridgehead atoms. The van der Waals surface area contributed by atoms with Crippen LogP contribution >= 0.6 is 0 Å². The highest BCUT2D eigenvalue weighted by Crippen LogP contribution is 2.41. The number of nitrogens with zero attached hydrogens (tertiary/aromatic N) is 1. The molecule has 1 aliphatic heterocycles. The lowest BCUT2D eigenvalue weighted by Gasteiger charge is -2.40. The van der Waals surface area contributed by atoms with Gasteiger partial charge in [0, 0.05) is 12.1 Å². The highest BCUT2D eigenvalue weighted by atomic mass is 15.2. The van der Waals surface area contributed by atoms with Crippen LogP contribution in [0.4, 0.5) is 0 Å². The predicted molar refractivity (Wildman–Crippen MR) is 74.3 cm³/mol. The molecule has 2 aliphatic rings. The van der Waals surface area contributed by atoms with Crippen LogP contribution in [0.25, 0.3) is 0 Å². The molecule has 2 atom stereocenters. The summed E-state index contributed by atoms with van der Waals surface area (Å²) in [6.07, 6.45) is 9.92. The van der Waals surface area contributed by atoms with E-state index in [0.29, 0.717) is 5.41 Å². The van der Waals surface area contributed by atoms with E-state index in [4.69, 9.17) is 0 Å². The first kappa shape index (κ1) is 13.4. The molecule has 0 aromatic heterocycles. The minimum atomic E-state index is 0.593. The van der Waals surface area contributed by atoms with Crippen LogP contribution in [0.15, 0.2) is 0 Å². The lowest BCUT2D eigenvalue weighted by molar-refractivity contribution is 0.0861. The fourth-order valence-electron chi connectivity index (χ4n) is 3.81. The second-order valence-electron chi connectivity index (χ2n) is 6.84. The summed E-state index contributed by atoms with van der Waals surface area (Å²) in [4.78, 5) is 2.86. The van der Waals surface area contributed by atoms with Gasteiger partial charge in [0.05, 0.1) is 0 Å². The van der Waals surface area contributed by atoms with Gasteiger partial charge in [-0.05, 0) is 64.1 Å². The quantitative estimate of drug-likeness (QED) is 0.810. The van der Waals surface area contributed by atoms with Crippen LogP contribution in [-0.2, 0) is 0 Å². The SMILES string of the molecule is CNCCC1CCCCN1C1CCC(C)(C)C1. The number of likely N-dealkylation sites (tertiary alicyclic amines) is 1. The molecule has 1 aliphatic carbocycles. The molecule has 17 heavy (non-hydrogen) atoms. The van der Waals surface area contributed by atoms with Crippen molar-refractivity contribution in [3.63, 3.8) is 0 Å². The summed E-state index contributed by atoms with van der Waals surface area (Å²) in [5, 5.41) is 3.32. The lowest BCUT2D eigenvalue weighted by Crippen LogP contribution is -2.46. The molecular formula is C15H30N2. The normalized spacial score (nSPS) is 34.1. The van der Waals surface area contributed by atoms with E-state index in [9.17, 15) is 0 Å². The van der Waals surface area contributed by atoms with Gasteiger partial charge in [0.1, 0.15) is 0 Å². The van der Waals surface area contributed by atoms with Crippen molar-refractivity contribution in [2.45, 2.75) is 70.9 Å². The molecule has 1 heterocycles. The third-order valence-electron chi connectivity index (χ3n) is 4.81. The molecule has 1 saturated heterocycles. The summed E-state index contributed by atoms with van der Waals surface area (Å²) in [6, 6.07) is 1.74. The Morgan fingerprint density at radius 2 is 2.06 bits per heavy atom. The minimum Gasteiger partial charge on any atom is -0.320 e. The second kappa shape index (κ2) is 5.71. The second-order valence-corrected chi connectivity index (χ2v) is 6.84. The van der Waals surface area contributed by atoms with Crippen LogP contribution < -0.4 is 5.32 Å². The maximum Gasteiger partial charge on any atom is 0.0110 e. The van der Waals surface area contributed by atoms with Crippen LogP contribution in [0.5, 0.6) is 0 Å². The minimum absolute atomic E-state index is 0.593. The van der Waals surface area contributed by atoms with Crippen LogP contribution in [0.3, 0.4) is 0 Å². The molecule has 2 unspecified atom stereocenters. The Balaban J connectivity index is 1.92. The molecule has 0 aromatic carbocycles. The van der Waals surface area contributed by atoms with Crippen LogP contribution in [0, 0.1) is 5.41 Å². The van der Waals surface area contributed by atoms with Gasteiger partial charge >= 0.3 is 0 Å². The van der Waals surface area contributed by atoms with Gasteiger partial charge in [-0.3, -0.25) is 4.90 Å². The number of hydrogen-bond donors (Lipinski definition) is 1. The molecule has 1 N–H and O–H groups in total. The number of rotatable bonds is 4. The number of hydrogen-bond acceptors (Lipinski definition) is 2. The van der Waals surface area contributed by atoms with E-state index in [1.165, 1.54) is 58.0 Å². The summed E-state index contributed by atoms with van der Waals surface area (Å²) in [5.74, 6) is 0. The van der Waals surface area contributed by atoms with E-state index in [2.05, 4.69) is 31.1 Å². The van der Waals surface area contributed by atoms with Crippen molar-refractivity contribution in [3.05, 3.63) is 0 Å². The topological polar surface area (TPSA) is 15.3 Å². The zero-order valence-electron chi connectivity index (χ0n) is 12.0. The fraction of sp³-hybridized carbons (Fsp3) is 1.00. The Kier molecular flexibility index (Phi) is 4.48. The predicted octanol–water partition coefficient (Wildman–Crippen LogP) is 3.03. The van der Waals surface area contributed by atoms with Gasteiger partial charge in [-0.25, -0.2) is 0 Å². The number of nitrogens with one attached hydrogen (secondary N) is 1. The van der Waals surface area contributed by atoms with E-state index in [1.807, 2.05) is 0 Å². The summed E-state index contributed by atoms with van der Waals surface area (Å²) in [6.45, 7) is 7.42. The summed E-state index contributed by atoms with van der Waals surface area (Å²) in [7, 11) is 2.08. The smallest absolute Gasteiger partial charge is 0.0110 e. The average Bonchev–Trinajstić information content (AvgIpc) is 2.67. The van der Waals surface area contributed by atoms with Gasteiger partial charge in [-0.15, -0.1) is 0 Å². The summed E-state index contributed by atoms with van der Waals surface area (Å²) < 4.78 is 0. The van der Waals surface area contributed by atoms with Crippen LogP contribution in [0.1, 0.15) is 58.8 Å². The number of piperidine rings is 1. The molecule has 0 amide bonds. The molecule has 1 saturated carbocycles. The van der Waals surface area contributed by atoms with Gasteiger partial charge < -0.3 is 5.32 Å². The molecule has 2 nitrogen and oxygen atoms in total. The van der Waals surface area contributed by atoms with Crippen molar-refractivity contribution >= 4 is 0 Å². The standard InChI is InChI=1S/C15H30N2/c1-15(2)9-7-14(12-15)17-11-5-4-6-13(17)8-10-16-3/h13-14,16H,4-12H2,1-3H3. The maximum absolute atomic E-state index is 3.32. The Labute approximate surface area is 107 Å². The molecule has 0 radical (unpaired) electrons. The highest BCUT2D eigenvalue weighted by molar-refractivity contribution is 4.92. The first-order valence-electron chi connectivity index (χ1n) is 7.53. The molecular weight excluding hydrogens is 208 g/mol. The average molecular weight is 238 g/mol. The first-order valence-corrected chi connectivity index (χ1v) is 7.53. The zero-order chi connectivity index (χ0) is 12.3. The summed E-state index contributed by atoms with van der Waals surface area (Å²) >= 11 is 0. The van der Waals surface area contributed by atoms with Crippen molar-refractivity contribution in [1.29, 1.82) is 0 Å². The molecule has 0 aromatic rings.